The zero-order valence-corrected chi connectivity index (χ0v) is 15.8. The van der Waals surface area contributed by atoms with Crippen molar-refractivity contribution >= 4 is 21.8 Å². The summed E-state index contributed by atoms with van der Waals surface area (Å²) in [5, 5.41) is 11.5. The van der Waals surface area contributed by atoms with E-state index in [-0.39, 0.29) is 12.2 Å². The van der Waals surface area contributed by atoms with Gasteiger partial charge in [-0.2, -0.15) is 13.2 Å². The van der Waals surface area contributed by atoms with E-state index in [0.29, 0.717) is 24.3 Å². The Hall–Kier alpha value is -2.20. The molecule has 0 saturated carbocycles. The molecular formula is C17H17BrF3N3O3. The van der Waals surface area contributed by atoms with Crippen molar-refractivity contribution in [2.45, 2.75) is 25.6 Å². The van der Waals surface area contributed by atoms with Crippen molar-refractivity contribution < 1.29 is 27.8 Å². The molecule has 10 heteroatoms. The fourth-order valence-electron chi connectivity index (χ4n) is 2.19. The van der Waals surface area contributed by atoms with E-state index in [1.54, 1.807) is 25.1 Å². The van der Waals surface area contributed by atoms with Gasteiger partial charge in [-0.05, 0) is 19.1 Å². The van der Waals surface area contributed by atoms with Crippen LogP contribution in [-0.2, 0) is 6.18 Å². The minimum atomic E-state index is -4.67. The first-order valence-corrected chi connectivity index (χ1v) is 8.75. The van der Waals surface area contributed by atoms with Crippen LogP contribution in [0.25, 0.3) is 0 Å². The van der Waals surface area contributed by atoms with Crippen molar-refractivity contribution in [2.24, 2.45) is 0 Å². The molecule has 0 radical (unpaired) electrons. The van der Waals surface area contributed by atoms with Crippen molar-refractivity contribution in [3.8, 4) is 5.75 Å². The molecule has 0 aliphatic carbocycles. The Morgan fingerprint density at radius 3 is 2.59 bits per heavy atom. The average molecular weight is 448 g/mol. The molecule has 2 rings (SSSR count). The SMILES string of the molecule is CC(NC(=O)c1cnc(C(F)(F)F)nc1)c1ccc(Br)cc1OCCCO. The quantitative estimate of drug-likeness (QED) is 0.634. The summed E-state index contributed by atoms with van der Waals surface area (Å²) in [5.41, 5.74) is 0.590. The molecule has 1 unspecified atom stereocenters. The Morgan fingerprint density at radius 2 is 2.00 bits per heavy atom. The number of alkyl halides is 3. The number of aliphatic hydroxyl groups is 1. The zero-order chi connectivity index (χ0) is 20.0. The fraction of sp³-hybridized carbons (Fsp3) is 0.353. The van der Waals surface area contributed by atoms with Crippen LogP contribution in [0.4, 0.5) is 13.2 Å². The number of aliphatic hydroxyl groups excluding tert-OH is 1. The normalized spacial score (nSPS) is 12.5. The first-order valence-electron chi connectivity index (χ1n) is 7.95. The number of nitrogens with one attached hydrogen (secondary N) is 1. The van der Waals surface area contributed by atoms with Crippen LogP contribution < -0.4 is 10.1 Å². The van der Waals surface area contributed by atoms with Gasteiger partial charge in [-0.3, -0.25) is 4.79 Å². The molecule has 6 nitrogen and oxygen atoms in total. The summed E-state index contributed by atoms with van der Waals surface area (Å²) in [6.45, 7) is 2.00. The number of benzene rings is 1. The number of amides is 1. The molecule has 27 heavy (non-hydrogen) atoms. The van der Waals surface area contributed by atoms with Gasteiger partial charge in [-0.1, -0.05) is 22.0 Å². The number of hydrogen-bond acceptors (Lipinski definition) is 5. The molecular weight excluding hydrogens is 431 g/mol. The van der Waals surface area contributed by atoms with Gasteiger partial charge in [0.15, 0.2) is 0 Å². The summed E-state index contributed by atoms with van der Waals surface area (Å²) in [7, 11) is 0. The van der Waals surface area contributed by atoms with Crippen LogP contribution >= 0.6 is 15.9 Å². The number of nitrogens with zero attached hydrogens (tertiary/aromatic N) is 2. The van der Waals surface area contributed by atoms with Crippen LogP contribution in [0, 0.1) is 0 Å². The largest absolute Gasteiger partial charge is 0.493 e. The Labute approximate surface area is 161 Å². The van der Waals surface area contributed by atoms with Gasteiger partial charge in [0, 0.05) is 35.5 Å². The fourth-order valence-corrected chi connectivity index (χ4v) is 2.53. The Balaban J connectivity index is 2.12. The van der Waals surface area contributed by atoms with Crippen LogP contribution in [0.1, 0.15) is 41.1 Å². The van der Waals surface area contributed by atoms with Crippen molar-refractivity contribution in [2.75, 3.05) is 13.2 Å². The Kier molecular flexibility index (Phi) is 7.14. The van der Waals surface area contributed by atoms with Crippen LogP contribution in [0.5, 0.6) is 5.75 Å². The topological polar surface area (TPSA) is 84.3 Å². The van der Waals surface area contributed by atoms with Crippen molar-refractivity contribution in [1.82, 2.24) is 15.3 Å². The summed E-state index contributed by atoms with van der Waals surface area (Å²) in [4.78, 5) is 18.6. The predicted molar refractivity (Wildman–Crippen MR) is 94.3 cm³/mol. The molecule has 2 N–H and O–H groups in total. The van der Waals surface area contributed by atoms with Gasteiger partial charge in [-0.25, -0.2) is 9.97 Å². The second kappa shape index (κ2) is 9.14. The van der Waals surface area contributed by atoms with Gasteiger partial charge in [0.1, 0.15) is 5.75 Å². The highest BCUT2D eigenvalue weighted by molar-refractivity contribution is 9.10. The third-order valence-corrected chi connectivity index (χ3v) is 4.01. The van der Waals surface area contributed by atoms with E-state index in [1.165, 1.54) is 0 Å². The number of carbonyl (C=O) groups excluding carboxylic acids is 1. The van der Waals surface area contributed by atoms with E-state index in [9.17, 15) is 18.0 Å². The van der Waals surface area contributed by atoms with E-state index < -0.39 is 23.9 Å². The average Bonchev–Trinajstić information content (AvgIpc) is 2.61. The number of aromatic nitrogens is 2. The summed E-state index contributed by atoms with van der Waals surface area (Å²) in [6, 6.07) is 4.78. The maximum absolute atomic E-state index is 12.5. The van der Waals surface area contributed by atoms with E-state index >= 15 is 0 Å². The van der Waals surface area contributed by atoms with E-state index in [0.717, 1.165) is 16.9 Å². The lowest BCUT2D eigenvalue weighted by Gasteiger charge is -2.19. The molecule has 2 aromatic rings. The van der Waals surface area contributed by atoms with E-state index in [2.05, 4.69) is 31.2 Å². The summed E-state index contributed by atoms with van der Waals surface area (Å²) < 4.78 is 43.9. The highest BCUT2D eigenvalue weighted by Gasteiger charge is 2.34. The van der Waals surface area contributed by atoms with Gasteiger partial charge in [0.2, 0.25) is 5.82 Å². The first kappa shape index (κ1) is 21.1. The number of carbonyl (C=O) groups is 1. The van der Waals surface area contributed by atoms with Gasteiger partial charge < -0.3 is 15.2 Å². The van der Waals surface area contributed by atoms with Gasteiger partial charge >= 0.3 is 6.18 Å². The Morgan fingerprint density at radius 1 is 1.33 bits per heavy atom. The van der Waals surface area contributed by atoms with Gasteiger partial charge in [-0.15, -0.1) is 0 Å². The van der Waals surface area contributed by atoms with Crippen molar-refractivity contribution in [1.29, 1.82) is 0 Å². The second-order valence-corrected chi connectivity index (χ2v) is 6.51. The minimum Gasteiger partial charge on any atom is -0.493 e. The number of halogens is 4. The lowest BCUT2D eigenvalue weighted by molar-refractivity contribution is -0.145. The molecule has 1 atom stereocenters. The molecule has 0 saturated heterocycles. The summed E-state index contributed by atoms with van der Waals surface area (Å²) in [5.74, 6) is -1.39. The molecule has 1 heterocycles. The molecule has 0 bridgehead atoms. The highest BCUT2D eigenvalue weighted by atomic mass is 79.9. The van der Waals surface area contributed by atoms with Crippen molar-refractivity contribution in [3.05, 3.63) is 52.0 Å². The third kappa shape index (κ3) is 5.90. The summed E-state index contributed by atoms with van der Waals surface area (Å²) in [6.07, 6.45) is -2.55. The number of rotatable bonds is 7. The van der Waals surface area contributed by atoms with Crippen LogP contribution in [0.3, 0.4) is 0 Å². The lowest BCUT2D eigenvalue weighted by atomic mass is 10.1. The van der Waals surface area contributed by atoms with Crippen LogP contribution in [0.15, 0.2) is 35.1 Å². The molecule has 0 fully saturated rings. The number of ether oxygens (including phenoxy) is 1. The molecule has 1 aromatic carbocycles. The standard InChI is InChI=1S/C17H17BrF3N3O3/c1-10(13-4-3-12(18)7-14(13)27-6-2-5-25)24-15(26)11-8-22-16(23-9-11)17(19,20)21/h3-4,7-10,25H,2,5-6H2,1H3,(H,24,26). The molecule has 0 aliphatic rings. The van der Waals surface area contributed by atoms with Gasteiger partial charge in [0.25, 0.3) is 5.91 Å². The third-order valence-electron chi connectivity index (χ3n) is 3.52. The summed E-state index contributed by atoms with van der Waals surface area (Å²) >= 11 is 3.34. The van der Waals surface area contributed by atoms with Gasteiger partial charge in [0.05, 0.1) is 18.2 Å². The highest BCUT2D eigenvalue weighted by Crippen LogP contribution is 2.29. The van der Waals surface area contributed by atoms with E-state index in [1.807, 2.05) is 0 Å². The second-order valence-electron chi connectivity index (χ2n) is 5.60. The molecule has 1 aromatic heterocycles. The molecule has 1 amide bonds. The van der Waals surface area contributed by atoms with Crippen LogP contribution in [0.2, 0.25) is 0 Å². The number of hydrogen-bond donors (Lipinski definition) is 2. The molecule has 0 spiro atoms. The maximum atomic E-state index is 12.5. The molecule has 146 valence electrons. The van der Waals surface area contributed by atoms with Crippen LogP contribution in [-0.4, -0.2) is 34.2 Å². The lowest BCUT2D eigenvalue weighted by Crippen LogP contribution is -2.27. The monoisotopic (exact) mass is 447 g/mol. The molecule has 0 aliphatic heterocycles. The minimum absolute atomic E-state index is 0.0104. The smallest absolute Gasteiger partial charge is 0.451 e. The maximum Gasteiger partial charge on any atom is 0.451 e. The predicted octanol–water partition coefficient (Wildman–Crippen LogP) is 3.51. The first-order chi connectivity index (χ1) is 12.7. The zero-order valence-electron chi connectivity index (χ0n) is 14.3. The van der Waals surface area contributed by atoms with E-state index in [4.69, 9.17) is 9.84 Å². The Bertz CT molecular complexity index is 785. The van der Waals surface area contributed by atoms with Crippen molar-refractivity contribution in [3.63, 3.8) is 0 Å².